The Morgan fingerprint density at radius 1 is 1.27 bits per heavy atom. The first kappa shape index (κ1) is 20.8. The van der Waals surface area contributed by atoms with Gasteiger partial charge < -0.3 is 5.32 Å². The predicted molar refractivity (Wildman–Crippen MR) is 122 cm³/mol. The molecule has 4 aromatic rings. The minimum absolute atomic E-state index is 0.118. The second kappa shape index (κ2) is 8.71. The normalized spacial score (nSPS) is 12.2. The second-order valence-electron chi connectivity index (χ2n) is 6.69. The number of thiophene rings is 2. The summed E-state index contributed by atoms with van der Waals surface area (Å²) in [5, 5.41) is 7.93. The van der Waals surface area contributed by atoms with Crippen LogP contribution < -0.4 is 10.9 Å². The quantitative estimate of drug-likeness (QED) is 0.331. The zero-order valence-electron chi connectivity index (χ0n) is 16.2. The van der Waals surface area contributed by atoms with Crippen LogP contribution in [-0.2, 0) is 11.8 Å². The Hall–Kier alpha value is -2.49. The molecular formula is C21H18FN3O2S3. The molecule has 0 saturated heterocycles. The minimum Gasteiger partial charge on any atom is -0.349 e. The maximum absolute atomic E-state index is 13.1. The molecule has 0 saturated carbocycles. The molecule has 1 atom stereocenters. The molecule has 1 amide bonds. The predicted octanol–water partition coefficient (Wildman–Crippen LogP) is 4.83. The van der Waals surface area contributed by atoms with E-state index in [1.807, 2.05) is 29.8 Å². The van der Waals surface area contributed by atoms with Crippen LogP contribution in [0.1, 0.15) is 18.5 Å². The average molecular weight is 460 g/mol. The van der Waals surface area contributed by atoms with Gasteiger partial charge in [0.2, 0.25) is 5.91 Å². The van der Waals surface area contributed by atoms with Gasteiger partial charge in [-0.2, -0.15) is 0 Å². The number of thioether (sulfide) groups is 1. The van der Waals surface area contributed by atoms with Crippen LogP contribution in [0, 0.1) is 5.82 Å². The lowest BCUT2D eigenvalue weighted by molar-refractivity contribution is -0.119. The molecule has 1 aromatic carbocycles. The fraction of sp³-hybridized carbons (Fsp3) is 0.190. The van der Waals surface area contributed by atoms with E-state index < -0.39 is 0 Å². The van der Waals surface area contributed by atoms with E-state index in [0.29, 0.717) is 15.4 Å². The fourth-order valence-corrected chi connectivity index (χ4v) is 5.63. The Morgan fingerprint density at radius 3 is 2.73 bits per heavy atom. The van der Waals surface area contributed by atoms with Crippen LogP contribution in [0.15, 0.2) is 57.1 Å². The van der Waals surface area contributed by atoms with Crippen molar-refractivity contribution in [2.24, 2.45) is 7.05 Å². The van der Waals surface area contributed by atoms with Crippen LogP contribution in [0.25, 0.3) is 20.7 Å². The number of halogens is 1. The monoisotopic (exact) mass is 459 g/mol. The van der Waals surface area contributed by atoms with Gasteiger partial charge >= 0.3 is 0 Å². The Kier molecular flexibility index (Phi) is 6.03. The van der Waals surface area contributed by atoms with Gasteiger partial charge in [-0.1, -0.05) is 30.0 Å². The highest BCUT2D eigenvalue weighted by Crippen LogP contribution is 2.34. The first-order valence-corrected chi connectivity index (χ1v) is 11.9. The van der Waals surface area contributed by atoms with Crippen LogP contribution in [0.4, 0.5) is 4.39 Å². The first-order chi connectivity index (χ1) is 14.4. The first-order valence-electron chi connectivity index (χ1n) is 9.13. The molecule has 0 radical (unpaired) electrons. The number of hydrogen-bond acceptors (Lipinski definition) is 6. The molecule has 0 bridgehead atoms. The number of fused-ring (bicyclic) bond motifs is 1. The molecule has 0 aliphatic rings. The van der Waals surface area contributed by atoms with Gasteiger partial charge in [0.05, 0.1) is 17.2 Å². The van der Waals surface area contributed by atoms with Gasteiger partial charge in [0.25, 0.3) is 5.56 Å². The van der Waals surface area contributed by atoms with Crippen LogP contribution in [0.5, 0.6) is 0 Å². The van der Waals surface area contributed by atoms with Crippen LogP contribution in [0.3, 0.4) is 0 Å². The lowest BCUT2D eigenvalue weighted by Crippen LogP contribution is -2.28. The van der Waals surface area contributed by atoms with Crippen molar-refractivity contribution < 1.29 is 9.18 Å². The summed E-state index contributed by atoms with van der Waals surface area (Å²) in [6.07, 6.45) is 0. The van der Waals surface area contributed by atoms with Gasteiger partial charge in [-0.15, -0.1) is 22.7 Å². The van der Waals surface area contributed by atoms with Crippen LogP contribution >= 0.6 is 34.4 Å². The van der Waals surface area contributed by atoms with E-state index in [0.717, 1.165) is 16.0 Å². The Morgan fingerprint density at radius 2 is 2.03 bits per heavy atom. The lowest BCUT2D eigenvalue weighted by Gasteiger charge is -2.14. The zero-order chi connectivity index (χ0) is 21.3. The summed E-state index contributed by atoms with van der Waals surface area (Å²) in [6, 6.07) is 9.73. The highest BCUT2D eigenvalue weighted by Gasteiger charge is 2.17. The maximum Gasteiger partial charge on any atom is 0.263 e. The number of nitrogens with one attached hydrogen (secondary N) is 1. The SMILES string of the molecule is CC(NC(=O)CSc1nc2scc(-c3cccs3)c2c(=O)n1C)c1ccc(F)cc1. The molecule has 1 N–H and O–H groups in total. The molecule has 154 valence electrons. The molecule has 0 aliphatic carbocycles. The fourth-order valence-electron chi connectivity index (χ4n) is 3.04. The molecule has 3 heterocycles. The van der Waals surface area contributed by atoms with Gasteiger partial charge in [0.15, 0.2) is 5.16 Å². The average Bonchev–Trinajstić information content (AvgIpc) is 3.39. The zero-order valence-corrected chi connectivity index (χ0v) is 18.7. The van der Waals surface area contributed by atoms with E-state index in [-0.39, 0.29) is 29.1 Å². The van der Waals surface area contributed by atoms with Crippen molar-refractivity contribution in [2.45, 2.75) is 18.1 Å². The summed E-state index contributed by atoms with van der Waals surface area (Å²) in [7, 11) is 1.67. The number of amides is 1. The summed E-state index contributed by atoms with van der Waals surface area (Å²) in [5.41, 5.74) is 1.61. The van der Waals surface area contributed by atoms with E-state index in [4.69, 9.17) is 0 Å². The van der Waals surface area contributed by atoms with Gasteiger partial charge in [-0.05, 0) is 36.1 Å². The van der Waals surface area contributed by atoms with Crippen molar-refractivity contribution in [2.75, 3.05) is 5.75 Å². The summed E-state index contributed by atoms with van der Waals surface area (Å²) in [5.74, 6) is -0.372. The highest BCUT2D eigenvalue weighted by molar-refractivity contribution is 7.99. The van der Waals surface area contributed by atoms with Gasteiger partial charge in [-0.25, -0.2) is 9.37 Å². The van der Waals surface area contributed by atoms with E-state index in [9.17, 15) is 14.0 Å². The molecule has 0 aliphatic heterocycles. The third-order valence-corrected chi connectivity index (χ3v) is 7.45. The van der Waals surface area contributed by atoms with Gasteiger partial charge in [0, 0.05) is 22.9 Å². The standard InChI is InChI=1S/C21H18FN3O2S3/c1-12(13-5-7-14(22)8-6-13)23-17(26)11-30-21-24-19-18(20(27)25(21)2)15(10-29-19)16-4-3-9-28-16/h3-10,12H,11H2,1-2H3,(H,23,26). The van der Waals surface area contributed by atoms with Crippen molar-refractivity contribution >= 4 is 50.6 Å². The van der Waals surface area contributed by atoms with Crippen molar-refractivity contribution in [3.05, 3.63) is 68.9 Å². The van der Waals surface area contributed by atoms with Gasteiger partial charge in [-0.3, -0.25) is 14.2 Å². The Balaban J connectivity index is 1.49. The highest BCUT2D eigenvalue weighted by atomic mass is 32.2. The number of rotatable bonds is 6. The minimum atomic E-state index is -0.314. The molecule has 0 fully saturated rings. The van der Waals surface area contributed by atoms with Crippen molar-refractivity contribution in [3.63, 3.8) is 0 Å². The van der Waals surface area contributed by atoms with E-state index in [1.54, 1.807) is 30.5 Å². The number of aromatic nitrogens is 2. The van der Waals surface area contributed by atoms with E-state index >= 15 is 0 Å². The Labute approximate surface area is 184 Å². The number of hydrogen-bond donors (Lipinski definition) is 1. The van der Waals surface area contributed by atoms with Crippen molar-refractivity contribution in [1.29, 1.82) is 0 Å². The van der Waals surface area contributed by atoms with Gasteiger partial charge in [0.1, 0.15) is 10.6 Å². The number of nitrogens with zero attached hydrogens (tertiary/aromatic N) is 2. The van der Waals surface area contributed by atoms with Crippen molar-refractivity contribution in [3.8, 4) is 10.4 Å². The number of carbonyl (C=O) groups is 1. The third kappa shape index (κ3) is 4.19. The summed E-state index contributed by atoms with van der Waals surface area (Å²) in [4.78, 5) is 31.6. The van der Waals surface area contributed by atoms with Crippen LogP contribution in [-0.4, -0.2) is 21.2 Å². The topological polar surface area (TPSA) is 64.0 Å². The second-order valence-corrected chi connectivity index (χ2v) is 9.44. The summed E-state index contributed by atoms with van der Waals surface area (Å²) in [6.45, 7) is 1.84. The van der Waals surface area contributed by atoms with E-state index in [1.165, 1.54) is 39.8 Å². The summed E-state index contributed by atoms with van der Waals surface area (Å²) < 4.78 is 14.6. The van der Waals surface area contributed by atoms with Crippen LogP contribution in [0.2, 0.25) is 0 Å². The van der Waals surface area contributed by atoms with E-state index in [2.05, 4.69) is 10.3 Å². The number of benzene rings is 1. The largest absolute Gasteiger partial charge is 0.349 e. The molecule has 5 nitrogen and oxygen atoms in total. The van der Waals surface area contributed by atoms with Crippen molar-refractivity contribution in [1.82, 2.24) is 14.9 Å². The summed E-state index contributed by atoms with van der Waals surface area (Å²) >= 11 is 4.23. The molecular weight excluding hydrogens is 441 g/mol. The third-order valence-electron chi connectivity index (χ3n) is 4.64. The molecule has 4 rings (SSSR count). The maximum atomic E-state index is 13.1. The molecule has 30 heavy (non-hydrogen) atoms. The number of carbonyl (C=O) groups excluding carboxylic acids is 1. The molecule has 9 heteroatoms. The molecule has 1 unspecified atom stereocenters. The lowest BCUT2D eigenvalue weighted by atomic mass is 10.1. The smallest absolute Gasteiger partial charge is 0.263 e. The molecule has 0 spiro atoms. The Bertz CT molecular complexity index is 1250. The molecule has 3 aromatic heterocycles.